The summed E-state index contributed by atoms with van der Waals surface area (Å²) in [5.74, 6) is 3.49. The number of hydrogen-bond donors (Lipinski definition) is 2. The normalized spacial score (nSPS) is 5.86. The standard InChI is InChI=1S/C2H3N2O2.Rf/c3-4-2(6)1-5;/h3H2,(H,4,6);/q-1;. The summed E-state index contributed by atoms with van der Waals surface area (Å²) in [7, 11) is 0. The van der Waals surface area contributed by atoms with E-state index < -0.39 is 5.91 Å². The summed E-state index contributed by atoms with van der Waals surface area (Å²) in [5, 5.41) is 0. The summed E-state index contributed by atoms with van der Waals surface area (Å²) in [6.07, 6.45) is 0.990. The van der Waals surface area contributed by atoms with E-state index in [4.69, 9.17) is 4.79 Å². The average molecular weight is 354 g/mol. The number of carbonyl (C=O) groups is 1. The van der Waals surface area contributed by atoms with Crippen LogP contribution in [0.4, 0.5) is 0 Å². The minimum Gasteiger partial charge on any atom is -0.532 e. The topological polar surface area (TPSA) is 72.2 Å². The number of rotatable bonds is 1. The molecule has 7 heavy (non-hydrogen) atoms. The van der Waals surface area contributed by atoms with Crippen LogP contribution in [0.3, 0.4) is 0 Å². The van der Waals surface area contributed by atoms with Gasteiger partial charge in [-0.2, -0.15) is 6.29 Å². The molecule has 5 heteroatoms. The minimum atomic E-state index is -0.935. The van der Waals surface area contributed by atoms with Crippen LogP contribution < -0.4 is 11.3 Å². The van der Waals surface area contributed by atoms with Crippen molar-refractivity contribution >= 4 is 12.2 Å². The SMILES string of the molecule is NNC(=O)[C-]=O.[Rf]. The van der Waals surface area contributed by atoms with E-state index in [1.807, 2.05) is 0 Å². The summed E-state index contributed by atoms with van der Waals surface area (Å²) in [6, 6.07) is 0. The third kappa shape index (κ3) is 4.10. The van der Waals surface area contributed by atoms with E-state index >= 15 is 0 Å². The maximum Gasteiger partial charge on any atom is 0.113 e. The van der Waals surface area contributed by atoms with Gasteiger partial charge in [-0.05, 0) is 0 Å². The second kappa shape index (κ2) is 4.10. The Labute approximate surface area is 34.3 Å². The van der Waals surface area contributed by atoms with Gasteiger partial charge < -0.3 is 15.0 Å². The van der Waals surface area contributed by atoms with Gasteiger partial charge in [0, 0.05) is 0 Å². The van der Waals surface area contributed by atoms with Gasteiger partial charge in [-0.3, -0.25) is 5.84 Å². The molecule has 0 bridgehead atoms. The van der Waals surface area contributed by atoms with Crippen LogP contribution in [0.5, 0.6) is 0 Å². The molecule has 0 spiro atoms. The maximum atomic E-state index is 9.52. The largest absolute Gasteiger partial charge is 0.532 e. The molecule has 0 aromatic carbocycles. The molecule has 0 aliphatic heterocycles. The molecule has 0 saturated heterocycles. The first kappa shape index (κ1) is 8.92. The van der Waals surface area contributed by atoms with Gasteiger partial charge in [-0.15, -0.1) is 0 Å². The molecule has 3 N–H and O–H groups in total. The van der Waals surface area contributed by atoms with E-state index in [9.17, 15) is 4.79 Å². The van der Waals surface area contributed by atoms with E-state index in [0.29, 0.717) is 0 Å². The monoisotopic (exact) mass is 354 g/mol. The number of hydrogen-bond acceptors (Lipinski definition) is 3. The van der Waals surface area contributed by atoms with Crippen molar-refractivity contribution in [3.8, 4) is 0 Å². The van der Waals surface area contributed by atoms with Crippen molar-refractivity contribution in [2.75, 3.05) is 0 Å². The summed E-state index contributed by atoms with van der Waals surface area (Å²) in [5.41, 5.74) is 1.55. The van der Waals surface area contributed by atoms with Crippen LogP contribution in [0.15, 0.2) is 0 Å². The first-order chi connectivity index (χ1) is 2.81. The Morgan fingerprint density at radius 2 is 2.14 bits per heavy atom. The third-order valence-corrected chi connectivity index (χ3v) is 0.224. The van der Waals surface area contributed by atoms with Crippen LogP contribution in [0.2, 0.25) is 0 Å². The summed E-state index contributed by atoms with van der Waals surface area (Å²) >= 11 is 0. The van der Waals surface area contributed by atoms with Crippen molar-refractivity contribution in [2.24, 2.45) is 5.84 Å². The van der Waals surface area contributed by atoms with Gasteiger partial charge >= 0.3 is 0 Å². The zero-order valence-corrected chi connectivity index (χ0v) is 10.0. The van der Waals surface area contributed by atoms with E-state index in [1.165, 1.54) is 0 Å². The van der Waals surface area contributed by atoms with Crippen LogP contribution in [0.25, 0.3) is 0 Å². The molecule has 0 heterocycles. The molecule has 0 aromatic heterocycles. The Morgan fingerprint density at radius 3 is 2.14 bits per heavy atom. The molecule has 0 aliphatic carbocycles. The first-order valence-electron chi connectivity index (χ1n) is 1.20. The van der Waals surface area contributed by atoms with Gasteiger partial charge in [0.2, 0.25) is 0 Å². The fourth-order valence-electron chi connectivity index (χ4n) is 0.0295. The van der Waals surface area contributed by atoms with Crippen LogP contribution in [0.1, 0.15) is 0 Å². The Kier molecular flexibility index (Phi) is 5.23. The van der Waals surface area contributed by atoms with Crippen LogP contribution in [-0.2, 0) is 9.59 Å². The smallest absolute Gasteiger partial charge is 0.113 e. The minimum absolute atomic E-state index is 0. The number of hydrazine groups is 1. The van der Waals surface area contributed by atoms with Crippen LogP contribution in [-0.4, -0.2) is 12.2 Å². The van der Waals surface area contributed by atoms with Crippen molar-refractivity contribution in [3.63, 3.8) is 0 Å². The molecular weight excluding hydrogens is 351 g/mol. The molecule has 0 atom stereocenters. The molecule has 0 radical (unpaired) electrons. The van der Waals surface area contributed by atoms with Crippen molar-refractivity contribution in [1.82, 2.24) is 5.43 Å². The second-order valence-corrected chi connectivity index (χ2v) is 0.576. The second-order valence-electron chi connectivity index (χ2n) is 0.576. The summed E-state index contributed by atoms with van der Waals surface area (Å²) < 4.78 is 0. The Morgan fingerprint density at radius 1 is 1.71 bits per heavy atom. The molecule has 0 fully saturated rings. The number of nitrogens with two attached hydrogens (primary N) is 1. The number of amides is 1. The van der Waals surface area contributed by atoms with Crippen molar-refractivity contribution in [1.29, 1.82) is 0 Å². The van der Waals surface area contributed by atoms with Crippen molar-refractivity contribution in [2.45, 2.75) is 0 Å². The van der Waals surface area contributed by atoms with Gasteiger partial charge in [0.25, 0.3) is 0 Å². The molecule has 0 aromatic rings. The molecule has 36 valence electrons. The molecule has 0 aliphatic rings. The van der Waals surface area contributed by atoms with E-state index in [2.05, 4.69) is 5.84 Å². The predicted molar refractivity (Wildman–Crippen MR) is 18.0 cm³/mol. The molecule has 0 saturated carbocycles. The molecule has 4 nitrogen and oxygen atoms in total. The number of nitrogens with one attached hydrogen (secondary N) is 1. The van der Waals surface area contributed by atoms with Crippen LogP contribution >= 0.6 is 0 Å². The van der Waals surface area contributed by atoms with Crippen molar-refractivity contribution in [3.05, 3.63) is 0 Å². The summed E-state index contributed by atoms with van der Waals surface area (Å²) in [4.78, 5) is 18.6. The average Bonchev–Trinajstić information content (AvgIpc) is 1.65. The van der Waals surface area contributed by atoms with Crippen molar-refractivity contribution < 1.29 is 9.59 Å². The van der Waals surface area contributed by atoms with Gasteiger partial charge in [0.05, 0.1) is 0 Å². The van der Waals surface area contributed by atoms with E-state index in [0.717, 1.165) is 6.29 Å². The zero-order chi connectivity index (χ0) is 4.99. The first-order valence-corrected chi connectivity index (χ1v) is 1.20. The molecule has 0 unspecified atom stereocenters. The predicted octanol–water partition coefficient (Wildman–Crippen LogP) is -1.91. The Hall–Kier alpha value is -1.90. The quantitative estimate of drug-likeness (QED) is 0.190. The fourth-order valence-corrected chi connectivity index (χ4v) is 0.0295. The zero-order valence-electron chi connectivity index (χ0n) is 3.60. The molecule has 1 amide bonds. The van der Waals surface area contributed by atoms with E-state index in [-0.39, 0.29) is 0 Å². The van der Waals surface area contributed by atoms with Gasteiger partial charge in [0.15, 0.2) is 0 Å². The van der Waals surface area contributed by atoms with Gasteiger partial charge in [0.1, 0.15) is 5.91 Å². The summed E-state index contributed by atoms with van der Waals surface area (Å²) in [6.45, 7) is 0. The number of carbonyl (C=O) groups excluding carboxylic acids is 2. The molecular formula is C2H3N2O2Rf-. The van der Waals surface area contributed by atoms with E-state index in [1.54, 1.807) is 5.43 Å². The Bertz CT molecular complexity index is 74.1. The van der Waals surface area contributed by atoms with Gasteiger partial charge in [-0.25, -0.2) is 0 Å². The van der Waals surface area contributed by atoms with Gasteiger partial charge in [-0.1, -0.05) is 0 Å². The molecule has 0 rings (SSSR count). The Balaban J connectivity index is 0. The maximum absolute atomic E-state index is 9.52. The fraction of sp³-hybridized carbons (Fsp3) is 0. The van der Waals surface area contributed by atoms with Crippen LogP contribution in [0, 0.1) is 0 Å². The third-order valence-electron chi connectivity index (χ3n) is 0.224.